The first-order valence-electron chi connectivity index (χ1n) is 4.70. The zero-order chi connectivity index (χ0) is 11.4. The summed E-state index contributed by atoms with van der Waals surface area (Å²) in [6.07, 6.45) is 0. The van der Waals surface area contributed by atoms with Gasteiger partial charge in [0.1, 0.15) is 5.40 Å². The lowest BCUT2D eigenvalue weighted by atomic mass is 10.4. The van der Waals surface area contributed by atoms with Crippen molar-refractivity contribution in [3.63, 3.8) is 0 Å². The highest BCUT2D eigenvalue weighted by Crippen LogP contribution is 2.17. The van der Waals surface area contributed by atoms with E-state index < -0.39 is 0 Å². The fourth-order valence-corrected chi connectivity index (χ4v) is 1.70. The molecular formula is C8H10N6OS. The van der Waals surface area contributed by atoms with Gasteiger partial charge >= 0.3 is 0 Å². The summed E-state index contributed by atoms with van der Waals surface area (Å²) in [5, 5.41) is 10.8. The van der Waals surface area contributed by atoms with E-state index in [2.05, 4.69) is 15.0 Å². The highest BCUT2D eigenvalue weighted by atomic mass is 32.2. The molecule has 1 aromatic heterocycles. The fourth-order valence-electron chi connectivity index (χ4n) is 1.35. The van der Waals surface area contributed by atoms with E-state index in [-0.39, 0.29) is 5.95 Å². The number of thiocyanates is 1. The second-order valence-electron chi connectivity index (χ2n) is 3.07. The van der Waals surface area contributed by atoms with Crippen molar-refractivity contribution in [1.29, 1.82) is 5.26 Å². The van der Waals surface area contributed by atoms with Crippen molar-refractivity contribution in [3.05, 3.63) is 0 Å². The average Bonchev–Trinajstić information content (AvgIpc) is 2.30. The first kappa shape index (κ1) is 10.9. The maximum Gasteiger partial charge on any atom is 0.231 e. The number of thioether (sulfide) groups is 1. The molecular weight excluding hydrogens is 228 g/mol. The number of anilines is 2. The van der Waals surface area contributed by atoms with Gasteiger partial charge in [0.2, 0.25) is 17.1 Å². The summed E-state index contributed by atoms with van der Waals surface area (Å²) in [5.74, 6) is 0.641. The number of hydrogen-bond acceptors (Lipinski definition) is 8. The van der Waals surface area contributed by atoms with Crippen LogP contribution in [0.2, 0.25) is 0 Å². The fraction of sp³-hybridized carbons (Fsp3) is 0.500. The molecule has 16 heavy (non-hydrogen) atoms. The Hall–Kier alpha value is -1.59. The van der Waals surface area contributed by atoms with Gasteiger partial charge in [-0.25, -0.2) is 0 Å². The largest absolute Gasteiger partial charge is 0.378 e. The van der Waals surface area contributed by atoms with Crippen LogP contribution < -0.4 is 10.6 Å². The third-order valence-electron chi connectivity index (χ3n) is 2.05. The van der Waals surface area contributed by atoms with Crippen LogP contribution in [-0.4, -0.2) is 41.3 Å². The van der Waals surface area contributed by atoms with Crippen LogP contribution in [0.25, 0.3) is 0 Å². The molecule has 0 atom stereocenters. The first-order chi connectivity index (χ1) is 7.79. The van der Waals surface area contributed by atoms with Gasteiger partial charge in [-0.2, -0.15) is 20.2 Å². The lowest BCUT2D eigenvalue weighted by Gasteiger charge is -2.26. The third-order valence-corrected chi connectivity index (χ3v) is 2.51. The smallest absolute Gasteiger partial charge is 0.231 e. The second kappa shape index (κ2) is 4.96. The number of aromatic nitrogens is 3. The van der Waals surface area contributed by atoms with Crippen molar-refractivity contribution >= 4 is 23.7 Å². The Labute approximate surface area is 96.6 Å². The van der Waals surface area contributed by atoms with E-state index in [4.69, 9.17) is 15.7 Å². The van der Waals surface area contributed by atoms with Gasteiger partial charge in [-0.05, 0) is 0 Å². The number of nitriles is 1. The molecule has 1 aromatic rings. The molecule has 0 aromatic carbocycles. The number of nitrogen functional groups attached to an aromatic ring is 1. The van der Waals surface area contributed by atoms with Crippen LogP contribution in [0.5, 0.6) is 0 Å². The summed E-state index contributed by atoms with van der Waals surface area (Å²) in [4.78, 5) is 14.0. The zero-order valence-electron chi connectivity index (χ0n) is 8.46. The number of nitrogens with two attached hydrogens (primary N) is 1. The molecule has 0 saturated carbocycles. The minimum Gasteiger partial charge on any atom is -0.378 e. The predicted molar refractivity (Wildman–Crippen MR) is 58.7 cm³/mol. The van der Waals surface area contributed by atoms with Gasteiger partial charge in [-0.1, -0.05) is 0 Å². The number of hydrogen-bond donors (Lipinski definition) is 1. The lowest BCUT2D eigenvalue weighted by molar-refractivity contribution is 0.122. The standard InChI is InChI=1S/C8H10N6OS/c9-5-16-8-12-6(10)11-7(13-8)14-1-3-15-4-2-14/h1-4H2,(H2,10,11,12,13). The molecule has 2 heterocycles. The average molecular weight is 238 g/mol. The molecule has 7 nitrogen and oxygen atoms in total. The van der Waals surface area contributed by atoms with E-state index in [9.17, 15) is 0 Å². The number of morpholine rings is 1. The first-order valence-corrected chi connectivity index (χ1v) is 5.51. The Balaban J connectivity index is 2.22. The molecule has 0 unspecified atom stereocenters. The second-order valence-corrected chi connectivity index (χ2v) is 3.82. The van der Waals surface area contributed by atoms with E-state index in [1.165, 1.54) is 0 Å². The number of rotatable bonds is 2. The Kier molecular flexibility index (Phi) is 3.38. The van der Waals surface area contributed by atoms with Crippen LogP contribution >= 0.6 is 11.8 Å². The monoisotopic (exact) mass is 238 g/mol. The van der Waals surface area contributed by atoms with E-state index in [1.807, 2.05) is 10.3 Å². The molecule has 2 rings (SSSR count). The van der Waals surface area contributed by atoms with Crippen LogP contribution in [0.3, 0.4) is 0 Å². The number of ether oxygens (including phenoxy) is 1. The minimum absolute atomic E-state index is 0.134. The third kappa shape index (κ3) is 2.50. The van der Waals surface area contributed by atoms with Crippen molar-refractivity contribution in [2.75, 3.05) is 36.9 Å². The van der Waals surface area contributed by atoms with Crippen molar-refractivity contribution in [1.82, 2.24) is 15.0 Å². The van der Waals surface area contributed by atoms with E-state index in [1.54, 1.807) is 0 Å². The molecule has 1 fully saturated rings. The van der Waals surface area contributed by atoms with E-state index in [0.29, 0.717) is 24.3 Å². The minimum atomic E-state index is 0.134. The Morgan fingerprint density at radius 1 is 1.31 bits per heavy atom. The molecule has 84 valence electrons. The van der Waals surface area contributed by atoms with Gasteiger partial charge in [0.25, 0.3) is 0 Å². The Bertz CT molecular complexity index is 413. The molecule has 0 spiro atoms. The van der Waals surface area contributed by atoms with Gasteiger partial charge in [-0.15, -0.1) is 0 Å². The summed E-state index contributed by atoms with van der Waals surface area (Å²) < 4.78 is 5.23. The molecule has 1 aliphatic rings. The highest BCUT2D eigenvalue weighted by Gasteiger charge is 2.15. The van der Waals surface area contributed by atoms with Crippen molar-refractivity contribution < 1.29 is 4.74 Å². The van der Waals surface area contributed by atoms with Gasteiger partial charge in [0.15, 0.2) is 0 Å². The van der Waals surface area contributed by atoms with Gasteiger partial charge in [-0.3, -0.25) is 0 Å². The number of nitrogens with zero attached hydrogens (tertiary/aromatic N) is 5. The summed E-state index contributed by atoms with van der Waals surface area (Å²) in [6, 6.07) is 0. The quantitative estimate of drug-likeness (QED) is 0.561. The van der Waals surface area contributed by atoms with Crippen LogP contribution in [0.4, 0.5) is 11.9 Å². The molecule has 0 radical (unpaired) electrons. The van der Waals surface area contributed by atoms with Gasteiger partial charge in [0.05, 0.1) is 13.2 Å². The molecule has 0 aliphatic carbocycles. The van der Waals surface area contributed by atoms with Crippen molar-refractivity contribution in [2.45, 2.75) is 5.16 Å². The normalized spacial score (nSPS) is 15.8. The van der Waals surface area contributed by atoms with Crippen LogP contribution in [0.15, 0.2) is 5.16 Å². The predicted octanol–water partition coefficient (Wildman–Crippen LogP) is -0.136. The molecule has 2 N–H and O–H groups in total. The Morgan fingerprint density at radius 2 is 2.06 bits per heavy atom. The lowest BCUT2D eigenvalue weighted by Crippen LogP contribution is -2.37. The van der Waals surface area contributed by atoms with Crippen molar-refractivity contribution in [3.8, 4) is 5.40 Å². The van der Waals surface area contributed by atoms with Crippen LogP contribution in [-0.2, 0) is 4.74 Å². The molecule has 0 amide bonds. The summed E-state index contributed by atoms with van der Waals surface area (Å²) >= 11 is 0.873. The van der Waals surface area contributed by atoms with Gasteiger partial charge < -0.3 is 15.4 Å². The topological polar surface area (TPSA) is 101 Å². The summed E-state index contributed by atoms with van der Waals surface area (Å²) in [5.41, 5.74) is 5.55. The maximum atomic E-state index is 8.55. The Morgan fingerprint density at radius 3 is 2.75 bits per heavy atom. The summed E-state index contributed by atoms with van der Waals surface area (Å²) in [7, 11) is 0. The van der Waals surface area contributed by atoms with E-state index >= 15 is 0 Å². The maximum absolute atomic E-state index is 8.55. The molecule has 0 bridgehead atoms. The summed E-state index contributed by atoms with van der Waals surface area (Å²) in [6.45, 7) is 2.73. The van der Waals surface area contributed by atoms with Crippen molar-refractivity contribution in [2.24, 2.45) is 0 Å². The SMILES string of the molecule is N#CSc1nc(N)nc(N2CCOCC2)n1. The molecule has 8 heteroatoms. The van der Waals surface area contributed by atoms with Crippen LogP contribution in [0.1, 0.15) is 0 Å². The molecule has 1 saturated heterocycles. The molecule has 1 aliphatic heterocycles. The zero-order valence-corrected chi connectivity index (χ0v) is 9.27. The highest BCUT2D eigenvalue weighted by molar-refractivity contribution is 8.03. The van der Waals surface area contributed by atoms with E-state index in [0.717, 1.165) is 24.9 Å². The van der Waals surface area contributed by atoms with Gasteiger partial charge in [0, 0.05) is 24.9 Å². The van der Waals surface area contributed by atoms with Crippen LogP contribution in [0, 0.1) is 10.7 Å².